The Labute approximate surface area is 118 Å². The molecule has 0 aliphatic carbocycles. The van der Waals surface area contributed by atoms with Gasteiger partial charge in [-0.3, -0.25) is 9.59 Å². The van der Waals surface area contributed by atoms with Gasteiger partial charge in [-0.15, -0.1) is 0 Å². The molecular weight excluding hydrogens is 252 g/mol. The van der Waals surface area contributed by atoms with Crippen LogP contribution < -0.4 is 0 Å². The molecule has 0 N–H and O–H groups in total. The summed E-state index contributed by atoms with van der Waals surface area (Å²) in [4.78, 5) is 22.8. The van der Waals surface area contributed by atoms with Crippen LogP contribution in [0.4, 0.5) is 0 Å². The molecule has 0 unspecified atom stereocenters. The number of hydrogen-bond acceptors (Lipinski definition) is 3. The molecule has 0 bridgehead atoms. The van der Waals surface area contributed by atoms with Gasteiger partial charge in [-0.1, -0.05) is 61.5 Å². The van der Waals surface area contributed by atoms with Gasteiger partial charge in [0, 0.05) is 12.0 Å². The molecule has 0 spiro atoms. The van der Waals surface area contributed by atoms with Crippen LogP contribution in [0.5, 0.6) is 0 Å². The third-order valence-electron chi connectivity index (χ3n) is 2.97. The average molecular weight is 268 g/mol. The van der Waals surface area contributed by atoms with Gasteiger partial charge in [0.25, 0.3) is 0 Å². The Balaban J connectivity index is 2.05. The number of ketones is 1. The number of Topliss-reactive ketones (excluding diaryl/α,β-unsaturated/α-hetero) is 1. The van der Waals surface area contributed by atoms with Gasteiger partial charge in [-0.25, -0.2) is 0 Å². The van der Waals surface area contributed by atoms with Crippen molar-refractivity contribution in [2.24, 2.45) is 0 Å². The second-order valence-corrected chi connectivity index (χ2v) is 4.38. The summed E-state index contributed by atoms with van der Waals surface area (Å²) in [5.74, 6) is -0.550. The highest BCUT2D eigenvalue weighted by Gasteiger charge is 2.08. The van der Waals surface area contributed by atoms with E-state index in [0.29, 0.717) is 5.56 Å². The van der Waals surface area contributed by atoms with E-state index in [1.807, 2.05) is 42.5 Å². The predicted molar refractivity (Wildman–Crippen MR) is 77.5 cm³/mol. The number of rotatable bonds is 5. The molecule has 20 heavy (non-hydrogen) atoms. The van der Waals surface area contributed by atoms with Gasteiger partial charge >= 0.3 is 5.97 Å². The highest BCUT2D eigenvalue weighted by molar-refractivity contribution is 5.98. The summed E-state index contributed by atoms with van der Waals surface area (Å²) in [6.07, 6.45) is 0.278. The van der Waals surface area contributed by atoms with Crippen molar-refractivity contribution in [1.29, 1.82) is 0 Å². The van der Waals surface area contributed by atoms with E-state index >= 15 is 0 Å². The molecule has 0 atom stereocenters. The van der Waals surface area contributed by atoms with Crippen molar-refractivity contribution in [3.05, 3.63) is 60.2 Å². The molecular formula is C17H16O3. The summed E-state index contributed by atoms with van der Waals surface area (Å²) in [5.41, 5.74) is 2.70. The molecule has 0 aromatic heterocycles. The van der Waals surface area contributed by atoms with Crippen LogP contribution >= 0.6 is 0 Å². The van der Waals surface area contributed by atoms with E-state index in [0.717, 1.165) is 11.1 Å². The van der Waals surface area contributed by atoms with Crippen LogP contribution in [-0.4, -0.2) is 18.4 Å². The van der Waals surface area contributed by atoms with Crippen LogP contribution in [0.2, 0.25) is 0 Å². The molecule has 2 aromatic carbocycles. The average Bonchev–Trinajstić information content (AvgIpc) is 2.53. The summed E-state index contributed by atoms with van der Waals surface area (Å²) in [7, 11) is 0. The maximum Gasteiger partial charge on any atom is 0.305 e. The number of esters is 1. The van der Waals surface area contributed by atoms with E-state index in [2.05, 4.69) is 0 Å². The largest absolute Gasteiger partial charge is 0.457 e. The van der Waals surface area contributed by atoms with Crippen LogP contribution in [0.15, 0.2) is 54.6 Å². The quantitative estimate of drug-likeness (QED) is 0.616. The van der Waals surface area contributed by atoms with Crippen LogP contribution in [0.1, 0.15) is 23.7 Å². The Kier molecular flexibility index (Phi) is 4.66. The fourth-order valence-corrected chi connectivity index (χ4v) is 1.81. The van der Waals surface area contributed by atoms with Gasteiger partial charge in [-0.05, 0) is 11.1 Å². The smallest absolute Gasteiger partial charge is 0.305 e. The first-order valence-electron chi connectivity index (χ1n) is 6.55. The number of benzene rings is 2. The molecule has 0 amide bonds. The molecule has 0 aliphatic heterocycles. The molecule has 3 heteroatoms. The lowest BCUT2D eigenvalue weighted by molar-refractivity contribution is -0.142. The fourth-order valence-electron chi connectivity index (χ4n) is 1.81. The summed E-state index contributed by atoms with van der Waals surface area (Å²) in [6, 6.07) is 17.2. The van der Waals surface area contributed by atoms with Gasteiger partial charge < -0.3 is 4.74 Å². The first kappa shape index (κ1) is 14.0. The van der Waals surface area contributed by atoms with E-state index in [1.165, 1.54) is 0 Å². The van der Waals surface area contributed by atoms with Crippen LogP contribution in [-0.2, 0) is 9.53 Å². The van der Waals surface area contributed by atoms with Crippen molar-refractivity contribution in [2.75, 3.05) is 6.61 Å². The summed E-state index contributed by atoms with van der Waals surface area (Å²) < 4.78 is 4.83. The van der Waals surface area contributed by atoms with Crippen molar-refractivity contribution < 1.29 is 14.3 Å². The Morgan fingerprint density at radius 3 is 2.10 bits per heavy atom. The lowest BCUT2D eigenvalue weighted by Crippen LogP contribution is -2.13. The van der Waals surface area contributed by atoms with E-state index in [9.17, 15) is 9.59 Å². The zero-order valence-electron chi connectivity index (χ0n) is 11.3. The molecule has 102 valence electrons. The Bertz CT molecular complexity index is 585. The third-order valence-corrected chi connectivity index (χ3v) is 2.97. The zero-order chi connectivity index (χ0) is 14.4. The summed E-state index contributed by atoms with van der Waals surface area (Å²) in [6.45, 7) is 1.50. The van der Waals surface area contributed by atoms with Gasteiger partial charge in [0.05, 0.1) is 0 Å². The first-order chi connectivity index (χ1) is 9.70. The maximum atomic E-state index is 11.8. The van der Waals surface area contributed by atoms with Crippen molar-refractivity contribution >= 4 is 11.8 Å². The molecule has 0 heterocycles. The second-order valence-electron chi connectivity index (χ2n) is 4.38. The SMILES string of the molecule is CCC(=O)OCC(=O)c1ccc(-c2ccccc2)cc1. The van der Waals surface area contributed by atoms with E-state index in [1.54, 1.807) is 19.1 Å². The summed E-state index contributed by atoms with van der Waals surface area (Å²) in [5, 5.41) is 0. The first-order valence-corrected chi connectivity index (χ1v) is 6.55. The molecule has 0 aliphatic rings. The minimum absolute atomic E-state index is 0.189. The van der Waals surface area contributed by atoms with E-state index in [-0.39, 0.29) is 24.8 Å². The molecule has 3 nitrogen and oxygen atoms in total. The fraction of sp³-hybridized carbons (Fsp3) is 0.176. The highest BCUT2D eigenvalue weighted by Crippen LogP contribution is 2.19. The zero-order valence-corrected chi connectivity index (χ0v) is 11.3. The number of hydrogen-bond donors (Lipinski definition) is 0. The molecule has 0 fully saturated rings. The number of ether oxygens (including phenoxy) is 1. The highest BCUT2D eigenvalue weighted by atomic mass is 16.5. The van der Waals surface area contributed by atoms with Gasteiger partial charge in [0.2, 0.25) is 0 Å². The minimum Gasteiger partial charge on any atom is -0.457 e. The van der Waals surface area contributed by atoms with Crippen molar-refractivity contribution in [3.63, 3.8) is 0 Å². The molecule has 2 rings (SSSR count). The van der Waals surface area contributed by atoms with Crippen molar-refractivity contribution in [1.82, 2.24) is 0 Å². The molecule has 0 saturated heterocycles. The maximum absolute atomic E-state index is 11.8. The number of carbonyl (C=O) groups is 2. The van der Waals surface area contributed by atoms with Crippen molar-refractivity contribution in [3.8, 4) is 11.1 Å². The summed E-state index contributed by atoms with van der Waals surface area (Å²) >= 11 is 0. The van der Waals surface area contributed by atoms with Gasteiger partial charge in [0.1, 0.15) is 0 Å². The standard InChI is InChI=1S/C17H16O3/c1-2-17(19)20-12-16(18)15-10-8-14(9-11-15)13-6-4-3-5-7-13/h3-11H,2,12H2,1H3. The molecule has 2 aromatic rings. The van der Waals surface area contributed by atoms with Crippen LogP contribution in [0.25, 0.3) is 11.1 Å². The van der Waals surface area contributed by atoms with Gasteiger partial charge in [0.15, 0.2) is 12.4 Å². The molecule has 0 radical (unpaired) electrons. The van der Waals surface area contributed by atoms with E-state index in [4.69, 9.17) is 4.74 Å². The Morgan fingerprint density at radius 1 is 0.900 bits per heavy atom. The second kappa shape index (κ2) is 6.66. The lowest BCUT2D eigenvalue weighted by atomic mass is 10.0. The van der Waals surface area contributed by atoms with Crippen LogP contribution in [0.3, 0.4) is 0 Å². The minimum atomic E-state index is -0.362. The lowest BCUT2D eigenvalue weighted by Gasteiger charge is -2.05. The van der Waals surface area contributed by atoms with Crippen molar-refractivity contribution in [2.45, 2.75) is 13.3 Å². The van der Waals surface area contributed by atoms with Crippen LogP contribution in [0, 0.1) is 0 Å². The Hall–Kier alpha value is -2.42. The monoisotopic (exact) mass is 268 g/mol. The van der Waals surface area contributed by atoms with Gasteiger partial charge in [-0.2, -0.15) is 0 Å². The predicted octanol–water partition coefficient (Wildman–Crippen LogP) is 3.49. The normalized spacial score (nSPS) is 10.1. The third kappa shape index (κ3) is 3.54. The van der Waals surface area contributed by atoms with E-state index < -0.39 is 0 Å². The topological polar surface area (TPSA) is 43.4 Å². The molecule has 0 saturated carbocycles. The Morgan fingerprint density at radius 2 is 1.50 bits per heavy atom. The number of carbonyl (C=O) groups excluding carboxylic acids is 2.